The molecule has 0 aromatic heterocycles. The van der Waals surface area contributed by atoms with E-state index in [2.05, 4.69) is 29.8 Å². The van der Waals surface area contributed by atoms with Crippen molar-refractivity contribution in [2.45, 2.75) is 26.3 Å². The van der Waals surface area contributed by atoms with E-state index < -0.39 is 0 Å². The van der Waals surface area contributed by atoms with E-state index in [0.717, 1.165) is 21.5 Å². The molecule has 0 aliphatic carbocycles. The molecule has 0 fully saturated rings. The van der Waals surface area contributed by atoms with Crippen molar-refractivity contribution in [3.63, 3.8) is 0 Å². The lowest BCUT2D eigenvalue weighted by molar-refractivity contribution is 0.457. The van der Waals surface area contributed by atoms with Gasteiger partial charge in [-0.15, -0.1) is 12.4 Å². The molecule has 1 aromatic carbocycles. The summed E-state index contributed by atoms with van der Waals surface area (Å²) in [5, 5.41) is 0.727. The number of halogens is 3. The molecule has 0 radical (unpaired) electrons. The van der Waals surface area contributed by atoms with Gasteiger partial charge in [-0.25, -0.2) is 0 Å². The predicted molar refractivity (Wildman–Crippen MR) is 72.8 cm³/mol. The second-order valence-electron chi connectivity index (χ2n) is 3.58. The summed E-state index contributed by atoms with van der Waals surface area (Å²) in [4.78, 5) is 0. The Kier molecular flexibility index (Phi) is 6.85. The van der Waals surface area contributed by atoms with Crippen molar-refractivity contribution in [1.29, 1.82) is 0 Å². The number of hydrogen-bond donors (Lipinski definition) is 1. The Bertz CT molecular complexity index is 317. The summed E-state index contributed by atoms with van der Waals surface area (Å²) in [6.45, 7) is 4.31. The Morgan fingerprint density at radius 2 is 2.07 bits per heavy atom. The highest BCUT2D eigenvalue weighted by molar-refractivity contribution is 9.10. The van der Waals surface area contributed by atoms with Crippen molar-refractivity contribution in [3.8, 4) is 0 Å². The molecule has 0 amide bonds. The van der Waals surface area contributed by atoms with Gasteiger partial charge in [0.15, 0.2) is 0 Å². The quantitative estimate of drug-likeness (QED) is 0.869. The molecule has 1 nitrogen and oxygen atoms in total. The molecule has 0 saturated carbocycles. The second kappa shape index (κ2) is 6.74. The molecule has 2 N–H and O–H groups in total. The Morgan fingerprint density at radius 1 is 1.47 bits per heavy atom. The second-order valence-corrected chi connectivity index (χ2v) is 4.85. The third-order valence-electron chi connectivity index (χ3n) is 2.59. The zero-order valence-electron chi connectivity index (χ0n) is 8.84. The maximum absolute atomic E-state index is 6.10. The molecule has 0 heterocycles. The van der Waals surface area contributed by atoms with Gasteiger partial charge in [-0.3, -0.25) is 0 Å². The number of nitrogens with two attached hydrogens (primary N) is 1. The van der Waals surface area contributed by atoms with Gasteiger partial charge in [-0.05, 0) is 39.5 Å². The topological polar surface area (TPSA) is 26.0 Å². The highest BCUT2D eigenvalue weighted by Crippen LogP contribution is 2.28. The summed E-state index contributed by atoms with van der Waals surface area (Å²) in [6, 6.07) is 5.96. The van der Waals surface area contributed by atoms with E-state index in [1.165, 1.54) is 0 Å². The largest absolute Gasteiger partial charge is 0.324 e. The SMILES string of the molecule is CCC(C)[C@H](N)c1ccc(Cl)c(Br)c1.Cl. The molecular weight excluding hydrogens is 297 g/mol. The van der Waals surface area contributed by atoms with Crippen LogP contribution in [0.2, 0.25) is 5.02 Å². The molecule has 0 spiro atoms. The minimum atomic E-state index is 0. The third kappa shape index (κ3) is 3.95. The van der Waals surface area contributed by atoms with Gasteiger partial charge in [0.25, 0.3) is 0 Å². The molecule has 0 aliphatic heterocycles. The van der Waals surface area contributed by atoms with Crippen molar-refractivity contribution in [1.82, 2.24) is 0 Å². The van der Waals surface area contributed by atoms with Crippen LogP contribution in [0, 0.1) is 5.92 Å². The maximum atomic E-state index is 6.10. The highest BCUT2D eigenvalue weighted by Gasteiger charge is 2.13. The Hall–Kier alpha value is 0.240. The van der Waals surface area contributed by atoms with Gasteiger partial charge < -0.3 is 5.73 Å². The minimum absolute atomic E-state index is 0. The van der Waals surface area contributed by atoms with Crippen molar-refractivity contribution in [2.75, 3.05) is 0 Å². The summed E-state index contributed by atoms with van der Waals surface area (Å²) < 4.78 is 0.912. The normalized spacial score (nSPS) is 14.2. The standard InChI is InChI=1S/C11H15BrClN.ClH/c1-3-7(2)11(14)8-4-5-10(13)9(12)6-8;/h4-7,11H,3,14H2,1-2H3;1H/t7?,11-;/m0./s1. The minimum Gasteiger partial charge on any atom is -0.324 e. The summed E-state index contributed by atoms with van der Waals surface area (Å²) in [6.07, 6.45) is 1.08. The Labute approximate surface area is 111 Å². The van der Waals surface area contributed by atoms with Crippen LogP contribution in [-0.2, 0) is 0 Å². The fourth-order valence-corrected chi connectivity index (χ4v) is 1.82. The van der Waals surface area contributed by atoms with Crippen LogP contribution in [0.15, 0.2) is 22.7 Å². The zero-order chi connectivity index (χ0) is 10.7. The molecule has 15 heavy (non-hydrogen) atoms. The molecule has 0 aliphatic rings. The third-order valence-corrected chi connectivity index (χ3v) is 3.80. The van der Waals surface area contributed by atoms with E-state index in [9.17, 15) is 0 Å². The molecule has 2 atom stereocenters. The molecule has 1 rings (SSSR count). The molecule has 1 aromatic rings. The fourth-order valence-electron chi connectivity index (χ4n) is 1.30. The summed E-state index contributed by atoms with van der Waals surface area (Å²) in [7, 11) is 0. The van der Waals surface area contributed by atoms with Gasteiger partial charge in [0.05, 0.1) is 5.02 Å². The predicted octanol–water partition coefficient (Wildman–Crippen LogP) is 4.57. The van der Waals surface area contributed by atoms with Crippen LogP contribution >= 0.6 is 39.9 Å². The van der Waals surface area contributed by atoms with E-state index in [4.69, 9.17) is 17.3 Å². The van der Waals surface area contributed by atoms with Crippen LogP contribution < -0.4 is 5.73 Å². The summed E-state index contributed by atoms with van der Waals surface area (Å²) >= 11 is 9.31. The summed E-state index contributed by atoms with van der Waals surface area (Å²) in [5.74, 6) is 0.489. The van der Waals surface area contributed by atoms with Crippen LogP contribution in [0.4, 0.5) is 0 Å². The molecule has 0 saturated heterocycles. The van der Waals surface area contributed by atoms with Crippen LogP contribution in [0.25, 0.3) is 0 Å². The van der Waals surface area contributed by atoms with Gasteiger partial charge in [-0.1, -0.05) is 37.9 Å². The van der Waals surface area contributed by atoms with Crippen molar-refractivity contribution < 1.29 is 0 Å². The Balaban J connectivity index is 0.00000196. The average molecular weight is 313 g/mol. The van der Waals surface area contributed by atoms with E-state index in [1.54, 1.807) is 0 Å². The van der Waals surface area contributed by atoms with Crippen LogP contribution in [0.5, 0.6) is 0 Å². The molecule has 1 unspecified atom stereocenters. The molecular formula is C11H16BrCl2N. The Morgan fingerprint density at radius 3 is 2.53 bits per heavy atom. The van der Waals surface area contributed by atoms with Gasteiger partial charge in [-0.2, -0.15) is 0 Å². The first-order valence-corrected chi connectivity index (χ1v) is 5.94. The van der Waals surface area contributed by atoms with Crippen LogP contribution in [0.1, 0.15) is 31.9 Å². The lowest BCUT2D eigenvalue weighted by Gasteiger charge is -2.19. The lowest BCUT2D eigenvalue weighted by Crippen LogP contribution is -2.18. The van der Waals surface area contributed by atoms with E-state index in [-0.39, 0.29) is 18.4 Å². The van der Waals surface area contributed by atoms with Gasteiger partial charge in [0, 0.05) is 10.5 Å². The first-order valence-electron chi connectivity index (χ1n) is 4.76. The number of benzene rings is 1. The zero-order valence-corrected chi connectivity index (χ0v) is 12.0. The first-order chi connectivity index (χ1) is 6.56. The average Bonchev–Trinajstić information content (AvgIpc) is 2.20. The van der Waals surface area contributed by atoms with E-state index in [0.29, 0.717) is 5.92 Å². The van der Waals surface area contributed by atoms with Crippen LogP contribution in [-0.4, -0.2) is 0 Å². The van der Waals surface area contributed by atoms with Gasteiger partial charge >= 0.3 is 0 Å². The molecule has 0 bridgehead atoms. The van der Waals surface area contributed by atoms with Crippen molar-refractivity contribution >= 4 is 39.9 Å². The summed E-state index contributed by atoms with van der Waals surface area (Å²) in [5.41, 5.74) is 7.24. The smallest absolute Gasteiger partial charge is 0.0548 e. The van der Waals surface area contributed by atoms with Crippen molar-refractivity contribution in [2.24, 2.45) is 11.7 Å². The van der Waals surface area contributed by atoms with Gasteiger partial charge in [0.1, 0.15) is 0 Å². The van der Waals surface area contributed by atoms with Crippen molar-refractivity contribution in [3.05, 3.63) is 33.3 Å². The lowest BCUT2D eigenvalue weighted by atomic mass is 9.93. The van der Waals surface area contributed by atoms with E-state index in [1.807, 2.05) is 18.2 Å². The van der Waals surface area contributed by atoms with Gasteiger partial charge in [0.2, 0.25) is 0 Å². The monoisotopic (exact) mass is 311 g/mol. The number of rotatable bonds is 3. The number of hydrogen-bond acceptors (Lipinski definition) is 1. The first kappa shape index (κ1) is 15.2. The maximum Gasteiger partial charge on any atom is 0.0548 e. The van der Waals surface area contributed by atoms with Crippen LogP contribution in [0.3, 0.4) is 0 Å². The molecule has 4 heteroatoms. The highest BCUT2D eigenvalue weighted by atomic mass is 79.9. The molecule has 86 valence electrons. The van der Waals surface area contributed by atoms with E-state index >= 15 is 0 Å². The fraction of sp³-hybridized carbons (Fsp3) is 0.455.